The van der Waals surface area contributed by atoms with Crippen LogP contribution in [0.5, 0.6) is 0 Å². The van der Waals surface area contributed by atoms with Gasteiger partial charge in [-0.15, -0.1) is 22.7 Å². The van der Waals surface area contributed by atoms with Crippen LogP contribution in [0.4, 0.5) is 0 Å². The summed E-state index contributed by atoms with van der Waals surface area (Å²) in [4.78, 5) is 28.3. The van der Waals surface area contributed by atoms with Crippen molar-refractivity contribution < 1.29 is 19.1 Å². The second-order valence-corrected chi connectivity index (χ2v) is 11.0. The summed E-state index contributed by atoms with van der Waals surface area (Å²) < 4.78 is 10.3. The molecule has 0 aromatic carbocycles. The molecule has 0 aliphatic heterocycles. The Bertz CT molecular complexity index is 862. The molecular formula is C28H38O4S2. The molecule has 0 aliphatic carbocycles. The van der Waals surface area contributed by atoms with Crippen LogP contribution in [0.25, 0.3) is 9.75 Å². The predicted octanol–water partition coefficient (Wildman–Crippen LogP) is 7.92. The van der Waals surface area contributed by atoms with E-state index < -0.39 is 0 Å². The first kappa shape index (κ1) is 28.1. The van der Waals surface area contributed by atoms with Gasteiger partial charge >= 0.3 is 11.9 Å². The van der Waals surface area contributed by atoms with Crippen molar-refractivity contribution in [2.24, 2.45) is 0 Å². The van der Waals surface area contributed by atoms with Gasteiger partial charge in [-0.3, -0.25) is 0 Å². The van der Waals surface area contributed by atoms with Crippen molar-refractivity contribution in [3.63, 3.8) is 0 Å². The Balaban J connectivity index is 1.58. The molecule has 0 amide bonds. The molecule has 0 saturated carbocycles. The minimum absolute atomic E-state index is 0.290. The Kier molecular flexibility index (Phi) is 12.9. The van der Waals surface area contributed by atoms with Gasteiger partial charge in [0.1, 0.15) is 0 Å². The number of aryl methyl sites for hydroxylation is 2. The summed E-state index contributed by atoms with van der Waals surface area (Å²) in [5.74, 6) is -0.580. The number of unbranched alkanes of at least 4 members (excludes halogenated alkanes) is 6. The molecule has 2 aromatic heterocycles. The molecule has 0 unspecified atom stereocenters. The molecule has 0 spiro atoms. The van der Waals surface area contributed by atoms with Gasteiger partial charge in [-0.05, 0) is 76.6 Å². The molecular weight excluding hydrogens is 464 g/mol. The highest BCUT2D eigenvalue weighted by Gasteiger charge is 2.08. The maximum absolute atomic E-state index is 11.3. The molecule has 2 aromatic rings. The van der Waals surface area contributed by atoms with Crippen LogP contribution in [0.15, 0.2) is 48.6 Å². The smallest absolute Gasteiger partial charge is 0.333 e. The second kappa shape index (κ2) is 15.7. The summed E-state index contributed by atoms with van der Waals surface area (Å²) in [5.41, 5.74) is 0.921. The summed E-state index contributed by atoms with van der Waals surface area (Å²) >= 11 is 3.80. The van der Waals surface area contributed by atoms with E-state index in [2.05, 4.69) is 37.4 Å². The fourth-order valence-corrected chi connectivity index (χ4v) is 5.56. The molecule has 2 rings (SSSR count). The Labute approximate surface area is 212 Å². The van der Waals surface area contributed by atoms with Crippen molar-refractivity contribution in [3.8, 4) is 9.75 Å². The lowest BCUT2D eigenvalue weighted by Crippen LogP contribution is -2.06. The lowest BCUT2D eigenvalue weighted by molar-refractivity contribution is -0.139. The zero-order valence-corrected chi connectivity index (χ0v) is 22.3. The van der Waals surface area contributed by atoms with Gasteiger partial charge in [-0.25, -0.2) is 9.59 Å². The third-order valence-electron chi connectivity index (χ3n) is 5.36. The van der Waals surface area contributed by atoms with Gasteiger partial charge in [0.2, 0.25) is 0 Å². The molecule has 0 fully saturated rings. The van der Waals surface area contributed by atoms with Crippen LogP contribution >= 0.6 is 22.7 Å². The van der Waals surface area contributed by atoms with Crippen LogP contribution in [0.3, 0.4) is 0 Å². The van der Waals surface area contributed by atoms with E-state index in [-0.39, 0.29) is 11.9 Å². The summed E-state index contributed by atoms with van der Waals surface area (Å²) in [5, 5.41) is 0. The van der Waals surface area contributed by atoms with E-state index in [9.17, 15) is 9.59 Å². The van der Waals surface area contributed by atoms with Crippen LogP contribution in [-0.2, 0) is 31.9 Å². The summed E-state index contributed by atoms with van der Waals surface area (Å²) in [6, 6.07) is 9.02. The van der Waals surface area contributed by atoms with E-state index >= 15 is 0 Å². The summed E-state index contributed by atoms with van der Waals surface area (Å²) in [6.07, 6.45) is 10.8. The molecule has 0 bridgehead atoms. The molecule has 0 atom stereocenters. The number of rotatable bonds is 17. The minimum atomic E-state index is -0.290. The van der Waals surface area contributed by atoms with Gasteiger partial charge in [0.25, 0.3) is 0 Å². The molecule has 4 nitrogen and oxygen atoms in total. The lowest BCUT2D eigenvalue weighted by Gasteiger charge is -2.04. The number of ether oxygens (including phenoxy) is 2. The predicted molar refractivity (Wildman–Crippen MR) is 144 cm³/mol. The van der Waals surface area contributed by atoms with Gasteiger partial charge in [-0.2, -0.15) is 0 Å². The minimum Gasteiger partial charge on any atom is -0.462 e. The highest BCUT2D eigenvalue weighted by molar-refractivity contribution is 7.22. The van der Waals surface area contributed by atoms with Crippen molar-refractivity contribution in [2.75, 3.05) is 13.2 Å². The monoisotopic (exact) mass is 502 g/mol. The highest BCUT2D eigenvalue weighted by Crippen LogP contribution is 2.34. The molecule has 2 heterocycles. The average Bonchev–Trinajstić information content (AvgIpc) is 3.46. The maximum atomic E-state index is 11.3. The van der Waals surface area contributed by atoms with E-state index in [1.807, 2.05) is 22.7 Å². The topological polar surface area (TPSA) is 52.6 Å². The standard InChI is InChI=1S/C28H38O4S2/c1-21(2)27(29)31-19-11-7-5-9-13-23-15-17-25(33-23)26-18-16-24(34-26)14-10-6-8-12-20-32-28(30)22(3)4/h15-18H,1,3,5-14,19-20H2,2,4H3. The van der Waals surface area contributed by atoms with Gasteiger partial charge in [0.15, 0.2) is 0 Å². The molecule has 0 saturated heterocycles. The first-order valence-electron chi connectivity index (χ1n) is 12.2. The van der Waals surface area contributed by atoms with E-state index in [4.69, 9.17) is 9.47 Å². The molecule has 0 aliphatic rings. The van der Waals surface area contributed by atoms with Crippen LogP contribution in [0.1, 0.15) is 75.0 Å². The van der Waals surface area contributed by atoms with Crippen molar-refractivity contribution in [3.05, 3.63) is 58.3 Å². The maximum Gasteiger partial charge on any atom is 0.333 e. The quantitative estimate of drug-likeness (QED) is 0.125. The van der Waals surface area contributed by atoms with E-state index in [1.54, 1.807) is 13.8 Å². The Morgan fingerprint density at radius 3 is 1.41 bits per heavy atom. The zero-order chi connectivity index (χ0) is 24.8. The fraction of sp³-hybridized carbons (Fsp3) is 0.500. The third kappa shape index (κ3) is 10.8. The van der Waals surface area contributed by atoms with Crippen LogP contribution in [0.2, 0.25) is 0 Å². The van der Waals surface area contributed by atoms with Crippen LogP contribution in [0, 0.1) is 0 Å². The Morgan fingerprint density at radius 1 is 0.647 bits per heavy atom. The molecule has 6 heteroatoms. The number of carbonyl (C=O) groups excluding carboxylic acids is 2. The van der Waals surface area contributed by atoms with Crippen LogP contribution < -0.4 is 0 Å². The SMILES string of the molecule is C=C(C)C(=O)OCCCCCCc1ccc(-c2ccc(CCCCCCOC(=O)C(=C)C)s2)s1. The molecule has 186 valence electrons. The van der Waals surface area contributed by atoms with Gasteiger partial charge in [0, 0.05) is 30.7 Å². The van der Waals surface area contributed by atoms with Crippen molar-refractivity contribution >= 4 is 34.6 Å². The molecule has 0 radical (unpaired) electrons. The van der Waals surface area contributed by atoms with Gasteiger partial charge in [0.05, 0.1) is 13.2 Å². The van der Waals surface area contributed by atoms with E-state index in [0.717, 1.165) is 64.2 Å². The van der Waals surface area contributed by atoms with Crippen molar-refractivity contribution in [1.82, 2.24) is 0 Å². The molecule has 34 heavy (non-hydrogen) atoms. The van der Waals surface area contributed by atoms with Crippen LogP contribution in [-0.4, -0.2) is 25.2 Å². The Hall–Kier alpha value is -2.18. The number of thiophene rings is 2. The number of hydrogen-bond donors (Lipinski definition) is 0. The zero-order valence-electron chi connectivity index (χ0n) is 20.7. The first-order valence-corrected chi connectivity index (χ1v) is 13.8. The largest absolute Gasteiger partial charge is 0.462 e. The number of esters is 2. The van der Waals surface area contributed by atoms with Gasteiger partial charge in [-0.1, -0.05) is 38.8 Å². The number of carbonyl (C=O) groups is 2. The van der Waals surface area contributed by atoms with Gasteiger partial charge < -0.3 is 9.47 Å². The number of hydrogen-bond acceptors (Lipinski definition) is 6. The fourth-order valence-electron chi connectivity index (χ4n) is 3.38. The van der Waals surface area contributed by atoms with E-state index in [1.165, 1.54) is 19.5 Å². The summed E-state index contributed by atoms with van der Waals surface area (Å²) in [7, 11) is 0. The van der Waals surface area contributed by atoms with Crippen molar-refractivity contribution in [2.45, 2.75) is 78.1 Å². The highest BCUT2D eigenvalue weighted by atomic mass is 32.1. The Morgan fingerprint density at radius 2 is 1.03 bits per heavy atom. The van der Waals surface area contributed by atoms with E-state index in [0.29, 0.717) is 24.4 Å². The second-order valence-electron chi connectivity index (χ2n) is 8.69. The summed E-state index contributed by atoms with van der Waals surface area (Å²) in [6.45, 7) is 11.5. The third-order valence-corrected chi connectivity index (χ3v) is 7.85. The molecule has 0 N–H and O–H groups in total. The van der Waals surface area contributed by atoms with Crippen molar-refractivity contribution in [1.29, 1.82) is 0 Å². The normalized spacial score (nSPS) is 10.8. The lowest BCUT2D eigenvalue weighted by atomic mass is 10.1. The average molecular weight is 503 g/mol. The first-order chi connectivity index (χ1) is 16.4.